The van der Waals surface area contributed by atoms with Crippen LogP contribution < -0.4 is 5.32 Å². The number of ether oxygens (including phenoxy) is 1. The maximum atomic E-state index is 12.6. The highest BCUT2D eigenvalue weighted by Gasteiger charge is 2.42. The van der Waals surface area contributed by atoms with Crippen molar-refractivity contribution in [1.29, 1.82) is 0 Å². The molecule has 3 atom stereocenters. The third-order valence-corrected chi connectivity index (χ3v) is 6.21. The Morgan fingerprint density at radius 3 is 2.24 bits per heavy atom. The summed E-state index contributed by atoms with van der Waals surface area (Å²) in [5.41, 5.74) is 0.154. The number of nitrogens with zero attached hydrogens (tertiary/aromatic N) is 1. The quantitative estimate of drug-likeness (QED) is 0.560. The van der Waals surface area contributed by atoms with Crippen LogP contribution in [-0.2, 0) is 14.3 Å². The van der Waals surface area contributed by atoms with E-state index in [-0.39, 0.29) is 27.2 Å². The molecule has 29 heavy (non-hydrogen) atoms. The summed E-state index contributed by atoms with van der Waals surface area (Å²) in [5.74, 6) is -2.19. The number of imide groups is 1. The number of fused-ring (bicyclic) bond motifs is 1. The summed E-state index contributed by atoms with van der Waals surface area (Å²) in [6, 6.07) is 1.48. The van der Waals surface area contributed by atoms with Gasteiger partial charge in [0.15, 0.2) is 6.61 Å². The van der Waals surface area contributed by atoms with Crippen molar-refractivity contribution in [2.45, 2.75) is 51.6 Å². The van der Waals surface area contributed by atoms with Gasteiger partial charge >= 0.3 is 5.97 Å². The first-order valence-electron chi connectivity index (χ1n) is 9.53. The van der Waals surface area contributed by atoms with E-state index < -0.39 is 36.3 Å². The number of rotatable bonds is 5. The highest BCUT2D eigenvalue weighted by atomic mass is 35.5. The van der Waals surface area contributed by atoms with Crippen LogP contribution in [0.1, 0.15) is 60.2 Å². The van der Waals surface area contributed by atoms with Crippen molar-refractivity contribution in [1.82, 2.24) is 10.2 Å². The van der Waals surface area contributed by atoms with Gasteiger partial charge in [-0.15, -0.1) is 0 Å². The van der Waals surface area contributed by atoms with Crippen molar-refractivity contribution in [3.63, 3.8) is 0 Å². The number of nitrogens with one attached hydrogen (secondary N) is 1. The highest BCUT2D eigenvalue weighted by molar-refractivity contribution is 6.43. The number of carbonyl (C=O) groups is 4. The summed E-state index contributed by atoms with van der Waals surface area (Å²) < 4.78 is 5.05. The monoisotopic (exact) mass is 440 g/mol. The standard InChI is InChI=1S/C20H22Cl2N2O5/c1-10-5-3-4-6-16(10)23-17(25)9-29-20(28)11(2)24-18(26)12-7-14(21)15(22)8-13(12)19(24)27/h7-8,10-11,16H,3-6,9H2,1-2H3,(H,23,25)/t10?,11-,16?/m0/s1. The van der Waals surface area contributed by atoms with Crippen LogP contribution in [0.3, 0.4) is 0 Å². The number of amides is 3. The van der Waals surface area contributed by atoms with Crippen molar-refractivity contribution in [3.05, 3.63) is 33.3 Å². The van der Waals surface area contributed by atoms with E-state index in [9.17, 15) is 19.2 Å². The summed E-state index contributed by atoms with van der Waals surface area (Å²) in [5, 5.41) is 3.16. The molecule has 0 bridgehead atoms. The zero-order valence-electron chi connectivity index (χ0n) is 16.2. The molecule has 2 aliphatic rings. The van der Waals surface area contributed by atoms with Gasteiger partial charge in [-0.1, -0.05) is 43.0 Å². The van der Waals surface area contributed by atoms with Gasteiger partial charge in [0.1, 0.15) is 6.04 Å². The van der Waals surface area contributed by atoms with E-state index in [1.54, 1.807) is 0 Å². The van der Waals surface area contributed by atoms with E-state index in [2.05, 4.69) is 12.2 Å². The number of benzene rings is 1. The molecule has 3 amide bonds. The molecule has 1 N–H and O–H groups in total. The fourth-order valence-electron chi connectivity index (χ4n) is 3.75. The number of halogens is 2. The molecule has 1 aliphatic carbocycles. The summed E-state index contributed by atoms with van der Waals surface area (Å²) in [6.45, 7) is 2.99. The second-order valence-corrected chi connectivity index (χ2v) is 8.33. The second kappa shape index (κ2) is 8.71. The Hall–Kier alpha value is -2.12. The lowest BCUT2D eigenvalue weighted by Crippen LogP contribution is -2.46. The van der Waals surface area contributed by atoms with Crippen molar-refractivity contribution >= 4 is 46.9 Å². The molecule has 1 heterocycles. The lowest BCUT2D eigenvalue weighted by molar-refractivity contribution is -0.152. The average molecular weight is 441 g/mol. The maximum absolute atomic E-state index is 12.6. The Morgan fingerprint density at radius 2 is 1.69 bits per heavy atom. The topological polar surface area (TPSA) is 92.8 Å². The van der Waals surface area contributed by atoms with Crippen LogP contribution in [0.25, 0.3) is 0 Å². The van der Waals surface area contributed by atoms with Crippen LogP contribution in [-0.4, -0.2) is 47.3 Å². The summed E-state index contributed by atoms with van der Waals surface area (Å²) >= 11 is 11.8. The predicted molar refractivity (Wildman–Crippen MR) is 107 cm³/mol. The second-order valence-electron chi connectivity index (χ2n) is 7.51. The first-order valence-corrected chi connectivity index (χ1v) is 10.3. The SMILES string of the molecule is CC1CCCCC1NC(=O)COC(=O)[C@H](C)N1C(=O)c2cc(Cl)c(Cl)cc2C1=O. The summed E-state index contributed by atoms with van der Waals surface area (Å²) in [6.07, 6.45) is 4.16. The smallest absolute Gasteiger partial charge is 0.329 e. The van der Waals surface area contributed by atoms with Gasteiger partial charge in [0, 0.05) is 6.04 Å². The zero-order chi connectivity index (χ0) is 21.3. The maximum Gasteiger partial charge on any atom is 0.329 e. The molecule has 1 aliphatic heterocycles. The van der Waals surface area contributed by atoms with Gasteiger partial charge < -0.3 is 10.1 Å². The van der Waals surface area contributed by atoms with Gasteiger partial charge in [0.25, 0.3) is 17.7 Å². The third kappa shape index (κ3) is 4.41. The van der Waals surface area contributed by atoms with Crippen LogP contribution in [0.2, 0.25) is 10.0 Å². The van der Waals surface area contributed by atoms with Gasteiger partial charge in [-0.05, 0) is 37.8 Å². The lowest BCUT2D eigenvalue weighted by atomic mass is 9.86. The molecule has 1 saturated carbocycles. The van der Waals surface area contributed by atoms with Crippen LogP contribution >= 0.6 is 23.2 Å². The lowest BCUT2D eigenvalue weighted by Gasteiger charge is -2.29. The fraction of sp³-hybridized carbons (Fsp3) is 0.500. The van der Waals surface area contributed by atoms with Crippen molar-refractivity contribution in [2.75, 3.05) is 6.61 Å². The van der Waals surface area contributed by atoms with Crippen LogP contribution in [0.4, 0.5) is 0 Å². The van der Waals surface area contributed by atoms with Crippen molar-refractivity contribution in [2.24, 2.45) is 5.92 Å². The van der Waals surface area contributed by atoms with E-state index in [4.69, 9.17) is 27.9 Å². The number of esters is 1. The molecule has 1 aromatic carbocycles. The van der Waals surface area contributed by atoms with E-state index in [0.717, 1.165) is 30.6 Å². The molecule has 0 aromatic heterocycles. The number of hydrogen-bond donors (Lipinski definition) is 1. The molecule has 0 radical (unpaired) electrons. The molecular weight excluding hydrogens is 419 g/mol. The molecule has 9 heteroatoms. The largest absolute Gasteiger partial charge is 0.454 e. The van der Waals surface area contributed by atoms with E-state index >= 15 is 0 Å². The fourth-order valence-corrected chi connectivity index (χ4v) is 4.07. The third-order valence-electron chi connectivity index (χ3n) is 5.49. The average Bonchev–Trinajstić information content (AvgIpc) is 2.91. The highest BCUT2D eigenvalue weighted by Crippen LogP contribution is 2.32. The molecule has 2 unspecified atom stereocenters. The van der Waals surface area contributed by atoms with E-state index in [1.165, 1.54) is 19.1 Å². The molecule has 1 aromatic rings. The molecular formula is C20H22Cl2N2O5. The first-order chi connectivity index (χ1) is 13.7. The van der Waals surface area contributed by atoms with E-state index in [0.29, 0.717) is 5.92 Å². The first kappa shape index (κ1) is 21.6. The van der Waals surface area contributed by atoms with Crippen LogP contribution in [0, 0.1) is 5.92 Å². The Kier molecular flexibility index (Phi) is 6.49. The van der Waals surface area contributed by atoms with Gasteiger partial charge in [0.2, 0.25) is 0 Å². The van der Waals surface area contributed by atoms with Crippen molar-refractivity contribution in [3.8, 4) is 0 Å². The van der Waals surface area contributed by atoms with Gasteiger partial charge in [-0.2, -0.15) is 0 Å². The van der Waals surface area contributed by atoms with Gasteiger partial charge in [-0.25, -0.2) is 4.79 Å². The molecule has 7 nitrogen and oxygen atoms in total. The summed E-state index contributed by atoms with van der Waals surface area (Å²) in [7, 11) is 0. The van der Waals surface area contributed by atoms with Crippen LogP contribution in [0.15, 0.2) is 12.1 Å². The van der Waals surface area contributed by atoms with E-state index in [1.807, 2.05) is 0 Å². The molecule has 1 fully saturated rings. The van der Waals surface area contributed by atoms with Gasteiger partial charge in [0.05, 0.1) is 21.2 Å². The minimum Gasteiger partial charge on any atom is -0.454 e. The minimum atomic E-state index is -1.19. The van der Waals surface area contributed by atoms with Crippen LogP contribution in [0.5, 0.6) is 0 Å². The Bertz CT molecular complexity index is 832. The minimum absolute atomic E-state index is 0.0677. The van der Waals surface area contributed by atoms with Crippen molar-refractivity contribution < 1.29 is 23.9 Å². The van der Waals surface area contributed by atoms with Gasteiger partial charge in [-0.3, -0.25) is 19.3 Å². The zero-order valence-corrected chi connectivity index (χ0v) is 17.7. The molecule has 156 valence electrons. The Morgan fingerprint density at radius 1 is 1.14 bits per heavy atom. The normalized spacial score (nSPS) is 22.3. The Balaban J connectivity index is 1.59. The molecule has 0 spiro atoms. The Labute approximate surface area is 178 Å². The summed E-state index contributed by atoms with van der Waals surface area (Å²) in [4.78, 5) is 50.4. The molecule has 3 rings (SSSR count). The number of hydrogen-bond acceptors (Lipinski definition) is 5. The molecule has 0 saturated heterocycles. The predicted octanol–water partition coefficient (Wildman–Crippen LogP) is 3.22. The number of carbonyl (C=O) groups excluding carboxylic acids is 4.